The summed E-state index contributed by atoms with van der Waals surface area (Å²) in [5, 5.41) is 15.1. The van der Waals surface area contributed by atoms with Gasteiger partial charge in [-0.3, -0.25) is 4.90 Å². The molecule has 1 aliphatic carbocycles. The number of nitrogens with zero attached hydrogens (tertiary/aromatic N) is 4. The molecule has 0 amide bonds. The maximum absolute atomic E-state index is 10.8. The fraction of sp³-hybridized carbons (Fsp3) is 0.875. The Bertz CT molecular complexity index is 493. The second-order valence-electron chi connectivity index (χ2n) is 7.79. The summed E-state index contributed by atoms with van der Waals surface area (Å²) in [6.45, 7) is 9.26. The topological polar surface area (TPSA) is 54.2 Å². The average Bonchev–Trinajstić information content (AvgIpc) is 2.87. The second kappa shape index (κ2) is 5.36. The van der Waals surface area contributed by atoms with E-state index in [0.717, 1.165) is 38.3 Å². The van der Waals surface area contributed by atoms with Crippen molar-refractivity contribution in [1.82, 2.24) is 19.7 Å². The number of likely N-dealkylation sites (tertiary alicyclic amines) is 1. The van der Waals surface area contributed by atoms with Crippen LogP contribution < -0.4 is 0 Å². The van der Waals surface area contributed by atoms with Gasteiger partial charge in [0.15, 0.2) is 0 Å². The number of fused-ring (bicyclic) bond motifs is 1. The van der Waals surface area contributed by atoms with E-state index in [-0.39, 0.29) is 5.54 Å². The summed E-state index contributed by atoms with van der Waals surface area (Å²) in [5.74, 6) is 1.47. The number of rotatable bonds is 2. The summed E-state index contributed by atoms with van der Waals surface area (Å²) in [6, 6.07) is 0. The largest absolute Gasteiger partial charge is 0.390 e. The van der Waals surface area contributed by atoms with E-state index in [2.05, 4.69) is 35.8 Å². The van der Waals surface area contributed by atoms with Crippen molar-refractivity contribution in [3.05, 3.63) is 12.2 Å². The van der Waals surface area contributed by atoms with Crippen molar-refractivity contribution < 1.29 is 5.11 Å². The first-order chi connectivity index (χ1) is 9.88. The average molecular weight is 292 g/mol. The minimum Gasteiger partial charge on any atom is -0.390 e. The van der Waals surface area contributed by atoms with Crippen molar-refractivity contribution >= 4 is 0 Å². The lowest BCUT2D eigenvalue weighted by molar-refractivity contribution is -0.0973. The Morgan fingerprint density at radius 3 is 2.90 bits per heavy atom. The zero-order valence-electron chi connectivity index (χ0n) is 13.5. The highest BCUT2D eigenvalue weighted by atomic mass is 16.3. The van der Waals surface area contributed by atoms with Crippen LogP contribution in [0.5, 0.6) is 0 Å². The van der Waals surface area contributed by atoms with Gasteiger partial charge in [-0.2, -0.15) is 5.10 Å². The normalized spacial score (nSPS) is 31.1. The molecule has 0 spiro atoms. The van der Waals surface area contributed by atoms with E-state index in [1.165, 1.54) is 19.3 Å². The maximum atomic E-state index is 10.8. The van der Waals surface area contributed by atoms with Gasteiger partial charge < -0.3 is 5.11 Å². The number of aromatic nitrogens is 3. The molecule has 118 valence electrons. The highest BCUT2D eigenvalue weighted by Crippen LogP contribution is 2.40. The summed E-state index contributed by atoms with van der Waals surface area (Å²) in [5.41, 5.74) is -0.431. The molecule has 21 heavy (non-hydrogen) atoms. The van der Waals surface area contributed by atoms with Crippen LogP contribution in [0.15, 0.2) is 6.33 Å². The minimum absolute atomic E-state index is 0.0345. The van der Waals surface area contributed by atoms with Crippen LogP contribution in [0.1, 0.15) is 58.7 Å². The van der Waals surface area contributed by atoms with Crippen molar-refractivity contribution in [1.29, 1.82) is 0 Å². The molecule has 5 nitrogen and oxygen atoms in total. The van der Waals surface area contributed by atoms with E-state index in [0.29, 0.717) is 5.92 Å². The van der Waals surface area contributed by atoms with Gasteiger partial charge in [-0.25, -0.2) is 9.67 Å². The Morgan fingerprint density at radius 2 is 2.14 bits per heavy atom. The van der Waals surface area contributed by atoms with Crippen LogP contribution in [0.25, 0.3) is 0 Å². The number of piperidine rings is 1. The summed E-state index contributed by atoms with van der Waals surface area (Å²) in [7, 11) is 0. The lowest BCUT2D eigenvalue weighted by atomic mass is 9.71. The molecule has 3 rings (SSSR count). The minimum atomic E-state index is -0.396. The van der Waals surface area contributed by atoms with Gasteiger partial charge in [-0.15, -0.1) is 0 Å². The molecule has 1 N–H and O–H groups in total. The molecular weight excluding hydrogens is 264 g/mol. The maximum Gasteiger partial charge on any atom is 0.141 e. The highest BCUT2D eigenvalue weighted by Gasteiger charge is 2.42. The predicted molar refractivity (Wildman–Crippen MR) is 81.8 cm³/mol. The summed E-state index contributed by atoms with van der Waals surface area (Å²) in [6.07, 6.45) is 7.16. The Hall–Kier alpha value is -0.940. The van der Waals surface area contributed by atoms with Gasteiger partial charge in [0.2, 0.25) is 0 Å². The van der Waals surface area contributed by atoms with Crippen molar-refractivity contribution in [2.75, 3.05) is 13.1 Å². The van der Waals surface area contributed by atoms with Crippen LogP contribution in [0.2, 0.25) is 0 Å². The molecule has 0 aromatic carbocycles. The van der Waals surface area contributed by atoms with Gasteiger partial charge in [-0.1, -0.05) is 12.8 Å². The molecule has 5 heteroatoms. The van der Waals surface area contributed by atoms with Crippen molar-refractivity contribution in [3.8, 4) is 0 Å². The lowest BCUT2D eigenvalue weighted by Crippen LogP contribution is -2.53. The lowest BCUT2D eigenvalue weighted by Gasteiger charge is -2.47. The molecule has 2 atom stereocenters. The zero-order chi connectivity index (χ0) is 15.1. The van der Waals surface area contributed by atoms with Gasteiger partial charge in [0.1, 0.15) is 12.2 Å². The SMILES string of the molecule is CC(C)(C)n1ncnc1CN1CC[C@@]2(O)CCCC[C@@H]2C1. The molecule has 1 aromatic rings. The Balaban J connectivity index is 1.69. The van der Waals surface area contributed by atoms with E-state index in [1.807, 2.05) is 4.68 Å². The molecule has 1 saturated carbocycles. The van der Waals surface area contributed by atoms with Gasteiger partial charge >= 0.3 is 0 Å². The first kappa shape index (κ1) is 15.0. The monoisotopic (exact) mass is 292 g/mol. The predicted octanol–water partition coefficient (Wildman–Crippen LogP) is 2.16. The smallest absolute Gasteiger partial charge is 0.141 e. The second-order valence-corrected chi connectivity index (χ2v) is 7.79. The molecular formula is C16H28N4O. The van der Waals surface area contributed by atoms with E-state index in [1.54, 1.807) is 6.33 Å². The van der Waals surface area contributed by atoms with Gasteiger partial charge in [-0.05, 0) is 40.0 Å². The van der Waals surface area contributed by atoms with Crippen molar-refractivity contribution in [2.24, 2.45) is 5.92 Å². The number of hydrogen-bond acceptors (Lipinski definition) is 4. The summed E-state index contributed by atoms with van der Waals surface area (Å²) >= 11 is 0. The van der Waals surface area contributed by atoms with Crippen molar-refractivity contribution in [3.63, 3.8) is 0 Å². The molecule has 2 fully saturated rings. The van der Waals surface area contributed by atoms with E-state index in [4.69, 9.17) is 0 Å². The molecule has 0 bridgehead atoms. The molecule has 1 saturated heterocycles. The van der Waals surface area contributed by atoms with Gasteiger partial charge in [0, 0.05) is 19.0 Å². The molecule has 1 aliphatic heterocycles. The molecule has 0 unspecified atom stereocenters. The van der Waals surface area contributed by atoms with E-state index < -0.39 is 5.60 Å². The number of hydrogen-bond donors (Lipinski definition) is 1. The zero-order valence-corrected chi connectivity index (χ0v) is 13.5. The first-order valence-electron chi connectivity index (χ1n) is 8.23. The fourth-order valence-corrected chi connectivity index (χ4v) is 3.92. The molecule has 0 radical (unpaired) electrons. The third-order valence-corrected chi connectivity index (χ3v) is 5.13. The first-order valence-corrected chi connectivity index (χ1v) is 8.23. The quantitative estimate of drug-likeness (QED) is 0.907. The third-order valence-electron chi connectivity index (χ3n) is 5.13. The fourth-order valence-electron chi connectivity index (χ4n) is 3.92. The van der Waals surface area contributed by atoms with E-state index in [9.17, 15) is 5.11 Å². The van der Waals surface area contributed by atoms with Crippen LogP contribution in [-0.2, 0) is 12.1 Å². The van der Waals surface area contributed by atoms with Crippen LogP contribution in [0, 0.1) is 5.92 Å². The molecule has 2 heterocycles. The van der Waals surface area contributed by atoms with Gasteiger partial charge in [0.25, 0.3) is 0 Å². The van der Waals surface area contributed by atoms with Crippen molar-refractivity contribution in [2.45, 2.75) is 70.6 Å². The Morgan fingerprint density at radius 1 is 1.33 bits per heavy atom. The number of aliphatic hydroxyl groups is 1. The summed E-state index contributed by atoms with van der Waals surface area (Å²) in [4.78, 5) is 6.89. The van der Waals surface area contributed by atoms with E-state index >= 15 is 0 Å². The Labute approximate surface area is 127 Å². The van der Waals surface area contributed by atoms with Crippen LogP contribution in [0.3, 0.4) is 0 Å². The highest BCUT2D eigenvalue weighted by molar-refractivity contribution is 4.98. The van der Waals surface area contributed by atoms with Crippen LogP contribution >= 0.6 is 0 Å². The molecule has 2 aliphatic rings. The van der Waals surface area contributed by atoms with Crippen LogP contribution in [-0.4, -0.2) is 43.5 Å². The molecule has 1 aromatic heterocycles. The summed E-state index contributed by atoms with van der Waals surface area (Å²) < 4.78 is 2.02. The Kier molecular flexibility index (Phi) is 3.82. The van der Waals surface area contributed by atoms with Gasteiger partial charge in [0.05, 0.1) is 17.7 Å². The van der Waals surface area contributed by atoms with Crippen LogP contribution in [0.4, 0.5) is 0 Å². The third kappa shape index (κ3) is 2.99. The standard InChI is InChI=1S/C16H28N4O/c1-15(2,3)20-14(17-12-18-20)11-19-9-8-16(21)7-5-4-6-13(16)10-19/h12-13,21H,4-11H2,1-3H3/t13-,16+/m1/s1.